The lowest BCUT2D eigenvalue weighted by molar-refractivity contribution is -0.384. The van der Waals surface area contributed by atoms with E-state index in [1.54, 1.807) is 12.1 Å². The maximum Gasteiger partial charge on any atom is 0.269 e. The van der Waals surface area contributed by atoms with E-state index in [2.05, 4.69) is 26.0 Å². The molecule has 0 aromatic heterocycles. The molecule has 0 saturated heterocycles. The molecule has 0 aliphatic rings. The summed E-state index contributed by atoms with van der Waals surface area (Å²) in [6.07, 6.45) is 1.03. The normalized spacial score (nSPS) is 12.3. The zero-order valence-corrected chi connectivity index (χ0v) is 11.8. The second-order valence-corrected chi connectivity index (χ2v) is 5.44. The van der Waals surface area contributed by atoms with Crippen LogP contribution in [0, 0.1) is 16.0 Å². The monoisotopic (exact) mass is 269 g/mol. The van der Waals surface area contributed by atoms with E-state index in [1.165, 1.54) is 5.56 Å². The number of nitro groups is 1. The molecule has 2 aromatic carbocycles. The molecular weight excluding hydrogens is 250 g/mol. The van der Waals surface area contributed by atoms with Crippen molar-refractivity contribution in [1.82, 2.24) is 0 Å². The highest BCUT2D eigenvalue weighted by atomic mass is 16.6. The first-order valence-corrected chi connectivity index (χ1v) is 6.87. The maximum absolute atomic E-state index is 10.7. The lowest BCUT2D eigenvalue weighted by Gasteiger charge is -2.20. The Balaban J connectivity index is 2.34. The van der Waals surface area contributed by atoms with Crippen molar-refractivity contribution in [3.63, 3.8) is 0 Å². The number of rotatable bonds is 5. The van der Waals surface area contributed by atoms with Crippen LogP contribution in [0.15, 0.2) is 54.6 Å². The number of nitro benzene ring substituents is 1. The Bertz CT molecular complexity index is 561. The van der Waals surface area contributed by atoms with Gasteiger partial charge in [-0.1, -0.05) is 56.3 Å². The van der Waals surface area contributed by atoms with Gasteiger partial charge >= 0.3 is 0 Å². The number of nitrogens with zero attached hydrogens (tertiary/aromatic N) is 1. The van der Waals surface area contributed by atoms with E-state index in [0.29, 0.717) is 5.92 Å². The van der Waals surface area contributed by atoms with Gasteiger partial charge in [-0.2, -0.15) is 0 Å². The minimum Gasteiger partial charge on any atom is -0.258 e. The summed E-state index contributed by atoms with van der Waals surface area (Å²) in [5.74, 6) is 0.854. The summed E-state index contributed by atoms with van der Waals surface area (Å²) >= 11 is 0. The average molecular weight is 269 g/mol. The van der Waals surface area contributed by atoms with Crippen LogP contribution in [0.1, 0.15) is 37.3 Å². The molecule has 3 nitrogen and oxygen atoms in total. The van der Waals surface area contributed by atoms with E-state index in [1.807, 2.05) is 30.3 Å². The Kier molecular flexibility index (Phi) is 4.51. The molecule has 0 N–H and O–H groups in total. The van der Waals surface area contributed by atoms with E-state index >= 15 is 0 Å². The zero-order valence-electron chi connectivity index (χ0n) is 11.8. The Morgan fingerprint density at radius 3 is 2.00 bits per heavy atom. The summed E-state index contributed by atoms with van der Waals surface area (Å²) < 4.78 is 0. The first-order chi connectivity index (χ1) is 9.58. The summed E-state index contributed by atoms with van der Waals surface area (Å²) in [7, 11) is 0. The molecular formula is C17H19NO2. The third-order valence-corrected chi connectivity index (χ3v) is 3.42. The van der Waals surface area contributed by atoms with Crippen molar-refractivity contribution in [2.45, 2.75) is 26.2 Å². The van der Waals surface area contributed by atoms with Gasteiger partial charge in [0.15, 0.2) is 0 Å². The molecule has 0 fully saturated rings. The minimum atomic E-state index is -0.357. The largest absolute Gasteiger partial charge is 0.269 e. The van der Waals surface area contributed by atoms with Crippen molar-refractivity contribution in [2.75, 3.05) is 0 Å². The van der Waals surface area contributed by atoms with Gasteiger partial charge in [0.1, 0.15) is 0 Å². The highest BCUT2D eigenvalue weighted by Crippen LogP contribution is 2.31. The third-order valence-electron chi connectivity index (χ3n) is 3.42. The van der Waals surface area contributed by atoms with Gasteiger partial charge in [-0.05, 0) is 23.5 Å². The van der Waals surface area contributed by atoms with E-state index < -0.39 is 0 Å². The van der Waals surface area contributed by atoms with Crippen LogP contribution in [0.3, 0.4) is 0 Å². The lowest BCUT2D eigenvalue weighted by atomic mass is 9.85. The van der Waals surface area contributed by atoms with Gasteiger partial charge in [0, 0.05) is 18.1 Å². The fourth-order valence-corrected chi connectivity index (χ4v) is 2.45. The van der Waals surface area contributed by atoms with E-state index in [-0.39, 0.29) is 16.5 Å². The van der Waals surface area contributed by atoms with Gasteiger partial charge in [0.05, 0.1) is 4.92 Å². The fraction of sp³-hybridized carbons (Fsp3) is 0.294. The average Bonchev–Trinajstić information content (AvgIpc) is 2.45. The van der Waals surface area contributed by atoms with Crippen LogP contribution in [-0.4, -0.2) is 4.92 Å². The smallest absolute Gasteiger partial charge is 0.258 e. The van der Waals surface area contributed by atoms with Crippen LogP contribution in [0.5, 0.6) is 0 Å². The van der Waals surface area contributed by atoms with Crippen molar-refractivity contribution in [3.05, 3.63) is 75.8 Å². The molecule has 2 aromatic rings. The Labute approximate surface area is 119 Å². The highest BCUT2D eigenvalue weighted by molar-refractivity contribution is 5.38. The molecule has 1 atom stereocenters. The number of hydrogen-bond acceptors (Lipinski definition) is 2. The summed E-state index contributed by atoms with van der Waals surface area (Å²) in [6, 6.07) is 17.2. The van der Waals surface area contributed by atoms with Gasteiger partial charge < -0.3 is 0 Å². The number of non-ortho nitro benzene ring substituents is 1. The van der Waals surface area contributed by atoms with Crippen LogP contribution in [0.2, 0.25) is 0 Å². The molecule has 0 radical (unpaired) electrons. The van der Waals surface area contributed by atoms with Gasteiger partial charge in [0.2, 0.25) is 0 Å². The van der Waals surface area contributed by atoms with Gasteiger partial charge in [0.25, 0.3) is 5.69 Å². The highest BCUT2D eigenvalue weighted by Gasteiger charge is 2.16. The first-order valence-electron chi connectivity index (χ1n) is 6.87. The second kappa shape index (κ2) is 6.33. The molecule has 20 heavy (non-hydrogen) atoms. The van der Waals surface area contributed by atoms with E-state index in [9.17, 15) is 10.1 Å². The molecule has 0 bridgehead atoms. The molecule has 0 aliphatic heterocycles. The molecule has 0 spiro atoms. The summed E-state index contributed by atoms with van der Waals surface area (Å²) in [5.41, 5.74) is 2.54. The SMILES string of the molecule is CC(C)CC(c1ccccc1)c1ccc([N+](=O)[O-])cc1. The molecule has 0 aliphatic carbocycles. The van der Waals surface area contributed by atoms with Crippen molar-refractivity contribution in [3.8, 4) is 0 Å². The fourth-order valence-electron chi connectivity index (χ4n) is 2.45. The first kappa shape index (κ1) is 14.3. The Morgan fingerprint density at radius 1 is 0.950 bits per heavy atom. The lowest BCUT2D eigenvalue weighted by Crippen LogP contribution is -2.05. The van der Waals surface area contributed by atoms with Gasteiger partial charge in [-0.3, -0.25) is 10.1 Å². The molecule has 0 heterocycles. The third kappa shape index (κ3) is 3.44. The van der Waals surface area contributed by atoms with Crippen LogP contribution < -0.4 is 0 Å². The molecule has 1 unspecified atom stereocenters. The van der Waals surface area contributed by atoms with E-state index in [0.717, 1.165) is 12.0 Å². The van der Waals surface area contributed by atoms with Crippen LogP contribution in [-0.2, 0) is 0 Å². The van der Waals surface area contributed by atoms with Crippen LogP contribution in [0.25, 0.3) is 0 Å². The molecule has 2 rings (SSSR count). The maximum atomic E-state index is 10.7. The number of benzene rings is 2. The quantitative estimate of drug-likeness (QED) is 0.579. The van der Waals surface area contributed by atoms with Crippen molar-refractivity contribution >= 4 is 5.69 Å². The van der Waals surface area contributed by atoms with Crippen molar-refractivity contribution < 1.29 is 4.92 Å². The summed E-state index contributed by atoms with van der Waals surface area (Å²) in [4.78, 5) is 10.4. The summed E-state index contributed by atoms with van der Waals surface area (Å²) in [6.45, 7) is 4.39. The van der Waals surface area contributed by atoms with Crippen LogP contribution in [0.4, 0.5) is 5.69 Å². The molecule has 104 valence electrons. The standard InChI is InChI=1S/C17H19NO2/c1-13(2)12-17(14-6-4-3-5-7-14)15-8-10-16(11-9-15)18(19)20/h3-11,13,17H,12H2,1-2H3. The zero-order chi connectivity index (χ0) is 14.5. The topological polar surface area (TPSA) is 43.1 Å². The van der Waals surface area contributed by atoms with E-state index in [4.69, 9.17) is 0 Å². The van der Waals surface area contributed by atoms with Crippen molar-refractivity contribution in [1.29, 1.82) is 0 Å². The van der Waals surface area contributed by atoms with Crippen LogP contribution >= 0.6 is 0 Å². The predicted molar refractivity (Wildman–Crippen MR) is 80.8 cm³/mol. The molecule has 0 amide bonds. The van der Waals surface area contributed by atoms with Gasteiger partial charge in [-0.15, -0.1) is 0 Å². The Morgan fingerprint density at radius 2 is 1.50 bits per heavy atom. The van der Waals surface area contributed by atoms with Crippen molar-refractivity contribution in [2.24, 2.45) is 5.92 Å². The Hall–Kier alpha value is -2.16. The second-order valence-electron chi connectivity index (χ2n) is 5.44. The summed E-state index contributed by atoms with van der Waals surface area (Å²) in [5, 5.41) is 10.7. The minimum absolute atomic E-state index is 0.144. The number of hydrogen-bond donors (Lipinski definition) is 0. The molecule has 3 heteroatoms. The predicted octanol–water partition coefficient (Wildman–Crippen LogP) is 4.77. The van der Waals surface area contributed by atoms with Gasteiger partial charge in [-0.25, -0.2) is 0 Å². The molecule has 0 saturated carbocycles.